The third-order valence-electron chi connectivity index (χ3n) is 3.69. The van der Waals surface area contributed by atoms with Crippen molar-refractivity contribution in [2.45, 2.75) is 32.9 Å². The van der Waals surface area contributed by atoms with Gasteiger partial charge in [-0.05, 0) is 41.2 Å². The first-order valence-electron chi connectivity index (χ1n) is 7.77. The van der Waals surface area contributed by atoms with Crippen LogP contribution in [-0.4, -0.2) is 17.1 Å². The van der Waals surface area contributed by atoms with Crippen molar-refractivity contribution < 1.29 is 9.90 Å². The molecule has 0 radical (unpaired) electrons. The number of hydrogen-bond acceptors (Lipinski definition) is 2. The molecule has 0 aliphatic rings. The lowest BCUT2D eigenvalue weighted by Gasteiger charge is -2.16. The molecular weight excluding hydrogens is 310 g/mol. The minimum atomic E-state index is -0.795. The van der Waals surface area contributed by atoms with Crippen molar-refractivity contribution in [2.24, 2.45) is 5.92 Å². The van der Waals surface area contributed by atoms with E-state index >= 15 is 0 Å². The van der Waals surface area contributed by atoms with Gasteiger partial charge in [0.2, 0.25) is 0 Å². The molecule has 0 amide bonds. The highest BCUT2D eigenvalue weighted by molar-refractivity contribution is 6.30. The summed E-state index contributed by atoms with van der Waals surface area (Å²) in [5.41, 5.74) is 3.29. The molecule has 0 aliphatic heterocycles. The molecule has 2 aromatic carbocycles. The summed E-state index contributed by atoms with van der Waals surface area (Å²) < 4.78 is 0. The molecular formula is C19H22ClNO2. The Morgan fingerprint density at radius 2 is 1.57 bits per heavy atom. The number of carboxylic acids is 1. The van der Waals surface area contributed by atoms with Gasteiger partial charge in [0.1, 0.15) is 6.04 Å². The van der Waals surface area contributed by atoms with Crippen LogP contribution in [0.25, 0.3) is 11.1 Å². The molecule has 2 rings (SSSR count). The Morgan fingerprint density at radius 3 is 2.04 bits per heavy atom. The van der Waals surface area contributed by atoms with Gasteiger partial charge < -0.3 is 10.4 Å². The van der Waals surface area contributed by atoms with Crippen LogP contribution in [0.3, 0.4) is 0 Å². The summed E-state index contributed by atoms with van der Waals surface area (Å²) >= 11 is 5.90. The maximum Gasteiger partial charge on any atom is 0.320 e. The van der Waals surface area contributed by atoms with Gasteiger partial charge in [-0.1, -0.05) is 61.8 Å². The van der Waals surface area contributed by atoms with E-state index in [0.717, 1.165) is 21.7 Å². The predicted molar refractivity (Wildman–Crippen MR) is 94.6 cm³/mol. The topological polar surface area (TPSA) is 49.3 Å². The van der Waals surface area contributed by atoms with Crippen LogP contribution in [0.2, 0.25) is 5.02 Å². The van der Waals surface area contributed by atoms with Gasteiger partial charge in [-0.15, -0.1) is 0 Å². The molecule has 2 N–H and O–H groups in total. The zero-order valence-electron chi connectivity index (χ0n) is 13.4. The fraction of sp³-hybridized carbons (Fsp3) is 0.316. The van der Waals surface area contributed by atoms with Gasteiger partial charge in [0.15, 0.2) is 0 Å². The Hall–Kier alpha value is -1.84. The van der Waals surface area contributed by atoms with Crippen LogP contribution in [0, 0.1) is 5.92 Å². The van der Waals surface area contributed by atoms with Crippen molar-refractivity contribution in [1.82, 2.24) is 5.32 Å². The summed E-state index contributed by atoms with van der Waals surface area (Å²) in [6, 6.07) is 15.3. The summed E-state index contributed by atoms with van der Waals surface area (Å²) in [7, 11) is 0. The summed E-state index contributed by atoms with van der Waals surface area (Å²) in [4.78, 5) is 11.2. The average Bonchev–Trinajstić information content (AvgIpc) is 2.52. The van der Waals surface area contributed by atoms with Gasteiger partial charge in [-0.3, -0.25) is 4.79 Å². The fourth-order valence-corrected chi connectivity index (χ4v) is 2.57. The highest BCUT2D eigenvalue weighted by atomic mass is 35.5. The van der Waals surface area contributed by atoms with Gasteiger partial charge in [-0.2, -0.15) is 0 Å². The van der Waals surface area contributed by atoms with E-state index in [1.54, 1.807) is 0 Å². The van der Waals surface area contributed by atoms with Crippen molar-refractivity contribution in [1.29, 1.82) is 0 Å². The molecule has 23 heavy (non-hydrogen) atoms. The lowest BCUT2D eigenvalue weighted by Crippen LogP contribution is -2.37. The second-order valence-corrected chi connectivity index (χ2v) is 6.54. The van der Waals surface area contributed by atoms with Crippen LogP contribution >= 0.6 is 11.6 Å². The molecule has 122 valence electrons. The Morgan fingerprint density at radius 1 is 1.04 bits per heavy atom. The molecule has 3 nitrogen and oxygen atoms in total. The highest BCUT2D eigenvalue weighted by Gasteiger charge is 2.17. The van der Waals surface area contributed by atoms with Crippen LogP contribution < -0.4 is 5.32 Å². The molecule has 2 aromatic rings. The second-order valence-electron chi connectivity index (χ2n) is 6.11. The molecule has 0 bridgehead atoms. The number of aliphatic carboxylic acids is 1. The van der Waals surface area contributed by atoms with Gasteiger partial charge in [0, 0.05) is 11.6 Å². The largest absolute Gasteiger partial charge is 0.480 e. The molecule has 0 spiro atoms. The van der Waals surface area contributed by atoms with Crippen LogP contribution in [0.5, 0.6) is 0 Å². The number of nitrogens with one attached hydrogen (secondary N) is 1. The minimum Gasteiger partial charge on any atom is -0.480 e. The number of benzene rings is 2. The maximum atomic E-state index is 11.2. The molecule has 0 saturated heterocycles. The van der Waals surface area contributed by atoms with Crippen LogP contribution in [0.15, 0.2) is 48.5 Å². The quantitative estimate of drug-likeness (QED) is 0.779. The summed E-state index contributed by atoms with van der Waals surface area (Å²) in [6.07, 6.45) is 0.623. The first-order chi connectivity index (χ1) is 11.0. The van der Waals surface area contributed by atoms with Gasteiger partial charge in [0.05, 0.1) is 0 Å². The average molecular weight is 332 g/mol. The van der Waals surface area contributed by atoms with Gasteiger partial charge in [-0.25, -0.2) is 0 Å². The van der Waals surface area contributed by atoms with Crippen molar-refractivity contribution in [2.75, 3.05) is 0 Å². The SMILES string of the molecule is CC(C)C[C@H](NCc1ccc(-c2ccc(Cl)cc2)cc1)C(=O)O. The molecule has 0 aromatic heterocycles. The van der Waals surface area contributed by atoms with E-state index < -0.39 is 12.0 Å². The van der Waals surface area contributed by atoms with Crippen LogP contribution in [0.1, 0.15) is 25.8 Å². The van der Waals surface area contributed by atoms with E-state index in [2.05, 4.69) is 5.32 Å². The Balaban J connectivity index is 1.99. The minimum absolute atomic E-state index is 0.343. The second kappa shape index (κ2) is 8.14. The molecule has 0 saturated carbocycles. The predicted octanol–water partition coefficient (Wildman–Crippen LogP) is 4.60. The third kappa shape index (κ3) is 5.38. The van der Waals surface area contributed by atoms with Gasteiger partial charge in [0.25, 0.3) is 0 Å². The maximum absolute atomic E-state index is 11.2. The number of carboxylic acid groups (broad SMARTS) is 1. The van der Waals surface area contributed by atoms with Crippen molar-refractivity contribution in [3.05, 3.63) is 59.1 Å². The lowest BCUT2D eigenvalue weighted by molar-refractivity contribution is -0.140. The summed E-state index contributed by atoms with van der Waals surface area (Å²) in [5.74, 6) is -0.452. The number of halogens is 1. The standard InChI is InChI=1S/C19H22ClNO2/c1-13(2)11-18(19(22)23)21-12-14-3-5-15(6-4-14)16-7-9-17(20)10-8-16/h3-10,13,18,21H,11-12H2,1-2H3,(H,22,23)/t18-/m0/s1. The fourth-order valence-electron chi connectivity index (χ4n) is 2.44. The first kappa shape index (κ1) is 17.5. The molecule has 0 aliphatic carbocycles. The van der Waals surface area contributed by atoms with E-state index in [-0.39, 0.29) is 0 Å². The Kier molecular flexibility index (Phi) is 6.20. The van der Waals surface area contributed by atoms with Gasteiger partial charge >= 0.3 is 5.97 Å². The van der Waals surface area contributed by atoms with Crippen molar-refractivity contribution >= 4 is 17.6 Å². The van der Waals surface area contributed by atoms with Crippen molar-refractivity contribution in [3.8, 4) is 11.1 Å². The van der Waals surface area contributed by atoms with E-state index in [0.29, 0.717) is 18.9 Å². The van der Waals surface area contributed by atoms with E-state index in [1.165, 1.54) is 0 Å². The third-order valence-corrected chi connectivity index (χ3v) is 3.94. The van der Waals surface area contributed by atoms with Crippen molar-refractivity contribution in [3.63, 3.8) is 0 Å². The molecule has 1 atom stereocenters. The van der Waals surface area contributed by atoms with Crippen LogP contribution in [0.4, 0.5) is 0 Å². The first-order valence-corrected chi connectivity index (χ1v) is 8.14. The number of rotatable bonds is 7. The van der Waals surface area contributed by atoms with E-state index in [4.69, 9.17) is 11.6 Å². The number of hydrogen-bond donors (Lipinski definition) is 2. The highest BCUT2D eigenvalue weighted by Crippen LogP contribution is 2.22. The Labute approximate surface area is 142 Å². The summed E-state index contributed by atoms with van der Waals surface area (Å²) in [5, 5.41) is 13.1. The normalized spacial score (nSPS) is 12.3. The zero-order chi connectivity index (χ0) is 16.8. The zero-order valence-corrected chi connectivity index (χ0v) is 14.2. The summed E-state index contributed by atoms with van der Waals surface area (Å²) in [6.45, 7) is 4.60. The lowest BCUT2D eigenvalue weighted by atomic mass is 10.0. The smallest absolute Gasteiger partial charge is 0.320 e. The molecule has 4 heteroatoms. The molecule has 0 unspecified atom stereocenters. The monoisotopic (exact) mass is 331 g/mol. The molecule has 0 fully saturated rings. The molecule has 0 heterocycles. The van der Waals surface area contributed by atoms with E-state index in [9.17, 15) is 9.90 Å². The van der Waals surface area contributed by atoms with Crippen LogP contribution in [-0.2, 0) is 11.3 Å². The Bertz CT molecular complexity index is 635. The number of carbonyl (C=O) groups is 1. The van der Waals surface area contributed by atoms with E-state index in [1.807, 2.05) is 62.4 Å².